The fraction of sp³-hybridized carbons (Fsp3) is 0.400. The van der Waals surface area contributed by atoms with Crippen LogP contribution in [0.1, 0.15) is 28.0 Å². The second-order valence-electron chi connectivity index (χ2n) is 6.90. The Balaban J connectivity index is 1.60. The Morgan fingerprint density at radius 1 is 1.38 bits per heavy atom. The van der Waals surface area contributed by atoms with E-state index < -0.39 is 6.61 Å². The van der Waals surface area contributed by atoms with E-state index in [9.17, 15) is 18.8 Å². The molecule has 0 spiro atoms. The van der Waals surface area contributed by atoms with Crippen molar-refractivity contribution in [3.63, 3.8) is 0 Å². The number of quaternary nitrogens is 1. The summed E-state index contributed by atoms with van der Waals surface area (Å²) in [7, 11) is 3.24. The maximum Gasteiger partial charge on any atom is 0.387 e. The number of amides is 1. The van der Waals surface area contributed by atoms with Gasteiger partial charge in [0.1, 0.15) is 17.6 Å². The number of aryl methyl sites for hydroxylation is 1. The number of carbonyl (C=O) groups is 1. The normalized spacial score (nSPS) is 13.7. The molecule has 9 heteroatoms. The van der Waals surface area contributed by atoms with Crippen LogP contribution in [0, 0.1) is 11.3 Å². The molecule has 6 nitrogen and oxygen atoms in total. The van der Waals surface area contributed by atoms with Gasteiger partial charge in [-0.05, 0) is 43.0 Å². The van der Waals surface area contributed by atoms with Crippen LogP contribution >= 0.6 is 11.3 Å². The first kappa shape index (κ1) is 21.0. The van der Waals surface area contributed by atoms with Crippen molar-refractivity contribution >= 4 is 22.2 Å². The predicted octanol–water partition coefficient (Wildman–Crippen LogP) is 2.37. The molecule has 1 aliphatic rings. The van der Waals surface area contributed by atoms with Crippen molar-refractivity contribution in [2.75, 3.05) is 26.0 Å². The van der Waals surface area contributed by atoms with E-state index in [2.05, 4.69) is 16.1 Å². The first-order valence-electron chi connectivity index (χ1n) is 9.18. The zero-order valence-electron chi connectivity index (χ0n) is 16.2. The third kappa shape index (κ3) is 5.02. The van der Waals surface area contributed by atoms with E-state index in [4.69, 9.17) is 4.74 Å². The van der Waals surface area contributed by atoms with E-state index in [0.717, 1.165) is 35.3 Å². The van der Waals surface area contributed by atoms with Gasteiger partial charge in [0, 0.05) is 10.4 Å². The molecule has 154 valence electrons. The molecule has 29 heavy (non-hydrogen) atoms. The molecule has 2 aromatic rings. The highest BCUT2D eigenvalue weighted by Crippen LogP contribution is 2.38. The summed E-state index contributed by atoms with van der Waals surface area (Å²) in [6.07, 6.45) is 2.91. The van der Waals surface area contributed by atoms with E-state index in [0.29, 0.717) is 17.1 Å². The lowest BCUT2D eigenvalue weighted by atomic mass is 10.1. The second kappa shape index (κ2) is 9.20. The molecule has 2 N–H and O–H groups in total. The molecule has 0 bridgehead atoms. The van der Waals surface area contributed by atoms with Gasteiger partial charge in [0.05, 0.1) is 19.7 Å². The summed E-state index contributed by atoms with van der Waals surface area (Å²) < 4.78 is 34.4. The Morgan fingerprint density at radius 2 is 2.17 bits per heavy atom. The number of halogens is 2. The van der Waals surface area contributed by atoms with Crippen LogP contribution in [0.5, 0.6) is 11.5 Å². The lowest BCUT2D eigenvalue weighted by Crippen LogP contribution is -3.08. The summed E-state index contributed by atoms with van der Waals surface area (Å²) in [6, 6.07) is 6.93. The fourth-order valence-electron chi connectivity index (χ4n) is 3.48. The van der Waals surface area contributed by atoms with Crippen LogP contribution in [0.25, 0.3) is 0 Å². The van der Waals surface area contributed by atoms with Crippen molar-refractivity contribution in [1.29, 1.82) is 5.26 Å². The first-order valence-corrected chi connectivity index (χ1v) is 10.0. The van der Waals surface area contributed by atoms with Crippen molar-refractivity contribution in [3.05, 3.63) is 39.8 Å². The topological polar surface area (TPSA) is 75.8 Å². The average molecular weight is 422 g/mol. The van der Waals surface area contributed by atoms with Crippen LogP contribution in [0.4, 0.5) is 13.8 Å². The second-order valence-corrected chi connectivity index (χ2v) is 8.00. The molecule has 1 amide bonds. The molecule has 1 atom stereocenters. The molecule has 1 aromatic carbocycles. The molecular weight excluding hydrogens is 400 g/mol. The number of hydrogen-bond acceptors (Lipinski definition) is 5. The Hall–Kier alpha value is -2.70. The van der Waals surface area contributed by atoms with E-state index >= 15 is 0 Å². The number of thiophene rings is 1. The van der Waals surface area contributed by atoms with Crippen molar-refractivity contribution in [1.82, 2.24) is 0 Å². The number of benzene rings is 1. The maximum atomic E-state index is 12.4. The lowest BCUT2D eigenvalue weighted by molar-refractivity contribution is -0.885. The molecule has 1 aliphatic carbocycles. The van der Waals surface area contributed by atoms with Gasteiger partial charge in [0.2, 0.25) is 0 Å². The molecule has 3 rings (SSSR count). The number of nitrogens with one attached hydrogen (secondary N) is 2. The number of likely N-dealkylation sites (N-methyl/N-ethyl adjacent to an activating group) is 1. The molecule has 0 radical (unpaired) electrons. The zero-order chi connectivity index (χ0) is 21.0. The van der Waals surface area contributed by atoms with Gasteiger partial charge in [0.15, 0.2) is 18.0 Å². The zero-order valence-corrected chi connectivity index (χ0v) is 17.0. The van der Waals surface area contributed by atoms with Gasteiger partial charge in [-0.25, -0.2) is 0 Å². The van der Waals surface area contributed by atoms with Gasteiger partial charge in [-0.2, -0.15) is 14.0 Å². The number of ether oxygens (including phenoxy) is 2. The summed E-state index contributed by atoms with van der Waals surface area (Å²) in [6.45, 7) is -2.24. The quantitative estimate of drug-likeness (QED) is 0.685. The fourth-order valence-corrected chi connectivity index (χ4v) is 4.74. The van der Waals surface area contributed by atoms with Gasteiger partial charge in [-0.1, -0.05) is 0 Å². The number of nitriles is 1. The number of methoxy groups -OCH3 is 1. The van der Waals surface area contributed by atoms with Crippen molar-refractivity contribution < 1.29 is 27.9 Å². The molecule has 1 unspecified atom stereocenters. The maximum absolute atomic E-state index is 12.4. The van der Waals surface area contributed by atoms with E-state index in [1.54, 1.807) is 12.1 Å². The minimum atomic E-state index is -2.93. The number of fused-ring (bicyclic) bond motifs is 1. The van der Waals surface area contributed by atoms with Crippen LogP contribution in [-0.2, 0) is 24.2 Å². The largest absolute Gasteiger partial charge is 0.493 e. The third-order valence-corrected chi connectivity index (χ3v) is 5.91. The van der Waals surface area contributed by atoms with E-state index in [1.807, 2.05) is 7.05 Å². The van der Waals surface area contributed by atoms with Crippen molar-refractivity contribution in [2.45, 2.75) is 32.4 Å². The number of carbonyl (C=O) groups excluding carboxylic acids is 1. The third-order valence-electron chi connectivity index (χ3n) is 4.70. The Kier molecular flexibility index (Phi) is 6.67. The van der Waals surface area contributed by atoms with Crippen LogP contribution < -0.4 is 19.7 Å². The van der Waals surface area contributed by atoms with Gasteiger partial charge in [0.25, 0.3) is 5.91 Å². The highest BCUT2D eigenvalue weighted by Gasteiger charge is 2.24. The monoisotopic (exact) mass is 422 g/mol. The lowest BCUT2D eigenvalue weighted by Gasteiger charge is -2.15. The minimum absolute atomic E-state index is 0.0311. The van der Waals surface area contributed by atoms with E-state index in [1.165, 1.54) is 29.4 Å². The summed E-state index contributed by atoms with van der Waals surface area (Å²) in [5, 5.41) is 12.9. The molecular formula is C20H22F2N3O3S+. The molecule has 1 aromatic heterocycles. The summed E-state index contributed by atoms with van der Waals surface area (Å²) in [4.78, 5) is 14.5. The minimum Gasteiger partial charge on any atom is -0.493 e. The van der Waals surface area contributed by atoms with Gasteiger partial charge < -0.3 is 19.7 Å². The standard InChI is InChI=1S/C20H21F2N3O3S/c1-25(10-12-6-7-15(28-20(21)22)16(8-12)27-2)11-18(26)24-19-14(9-23)13-4-3-5-17(13)29-19/h6-8,20H,3-5,10-11H2,1-2H3,(H,24,26)/p+1. The number of hydrogen-bond donors (Lipinski definition) is 2. The molecule has 0 fully saturated rings. The van der Waals surface area contributed by atoms with Crippen LogP contribution in [0.15, 0.2) is 18.2 Å². The summed E-state index contributed by atoms with van der Waals surface area (Å²) in [5.74, 6) is 0.00628. The predicted molar refractivity (Wildman–Crippen MR) is 105 cm³/mol. The van der Waals surface area contributed by atoms with Crippen LogP contribution in [0.3, 0.4) is 0 Å². The first-order chi connectivity index (χ1) is 13.9. The van der Waals surface area contributed by atoms with Crippen LogP contribution in [-0.4, -0.2) is 33.2 Å². The van der Waals surface area contributed by atoms with Crippen LogP contribution in [0.2, 0.25) is 0 Å². The molecule has 1 heterocycles. The Labute approximate surface area is 171 Å². The van der Waals surface area contributed by atoms with E-state index in [-0.39, 0.29) is 24.0 Å². The Morgan fingerprint density at radius 3 is 2.86 bits per heavy atom. The number of anilines is 1. The molecule has 0 aliphatic heterocycles. The van der Waals surface area contributed by atoms with Gasteiger partial charge in [-0.3, -0.25) is 4.79 Å². The van der Waals surface area contributed by atoms with Crippen molar-refractivity contribution in [2.24, 2.45) is 0 Å². The highest BCUT2D eigenvalue weighted by molar-refractivity contribution is 7.16. The molecule has 0 saturated carbocycles. The molecule has 0 saturated heterocycles. The Bertz CT molecular complexity index is 940. The summed E-state index contributed by atoms with van der Waals surface area (Å²) >= 11 is 1.49. The van der Waals surface area contributed by atoms with Gasteiger partial charge >= 0.3 is 6.61 Å². The average Bonchev–Trinajstić information content (AvgIpc) is 3.22. The van der Waals surface area contributed by atoms with Gasteiger partial charge in [-0.15, -0.1) is 11.3 Å². The number of rotatable bonds is 8. The summed E-state index contributed by atoms with van der Waals surface area (Å²) in [5.41, 5.74) is 2.49. The SMILES string of the molecule is COc1cc(C[NH+](C)CC(=O)Nc2sc3c(c2C#N)CCC3)ccc1OC(F)F. The highest BCUT2D eigenvalue weighted by atomic mass is 32.1. The smallest absolute Gasteiger partial charge is 0.387 e. The number of alkyl halides is 2. The number of nitrogens with zero attached hydrogens (tertiary/aromatic N) is 1. The van der Waals surface area contributed by atoms with Crippen molar-refractivity contribution in [3.8, 4) is 17.6 Å².